The maximum atomic E-state index is 5.50. The Bertz CT molecular complexity index is 326. The van der Waals surface area contributed by atoms with E-state index in [1.54, 1.807) is 14.2 Å². The molecule has 102 valence electrons. The summed E-state index contributed by atoms with van der Waals surface area (Å²) in [6, 6.07) is 8.15. The average Bonchev–Trinajstić information content (AvgIpc) is 2.40. The van der Waals surface area contributed by atoms with Crippen molar-refractivity contribution in [2.45, 2.75) is 26.0 Å². The van der Waals surface area contributed by atoms with Crippen LogP contribution in [0.25, 0.3) is 0 Å². The number of hydrogen-bond donors (Lipinski definition) is 1. The van der Waals surface area contributed by atoms with E-state index in [1.807, 2.05) is 31.2 Å². The molecule has 0 aliphatic heterocycles. The van der Waals surface area contributed by atoms with Crippen LogP contribution in [0.3, 0.4) is 0 Å². The Morgan fingerprint density at radius 2 is 1.72 bits per heavy atom. The van der Waals surface area contributed by atoms with Crippen molar-refractivity contribution >= 4 is 5.69 Å². The summed E-state index contributed by atoms with van der Waals surface area (Å²) in [5.74, 6) is 0.852. The molecule has 2 atom stereocenters. The molecule has 0 aliphatic carbocycles. The fourth-order valence-corrected chi connectivity index (χ4v) is 1.47. The van der Waals surface area contributed by atoms with Crippen molar-refractivity contribution < 1.29 is 14.2 Å². The monoisotopic (exact) mass is 253 g/mol. The van der Waals surface area contributed by atoms with Crippen molar-refractivity contribution in [2.75, 3.05) is 32.8 Å². The highest BCUT2D eigenvalue weighted by Gasteiger charge is 2.10. The molecule has 0 heterocycles. The molecule has 0 radical (unpaired) electrons. The molecule has 0 amide bonds. The third-order valence-electron chi connectivity index (χ3n) is 2.88. The molecular formula is C14H23NO3. The van der Waals surface area contributed by atoms with Crippen molar-refractivity contribution in [1.82, 2.24) is 0 Å². The van der Waals surface area contributed by atoms with Gasteiger partial charge in [-0.15, -0.1) is 0 Å². The summed E-state index contributed by atoms with van der Waals surface area (Å²) in [5, 5.41) is 3.38. The zero-order chi connectivity index (χ0) is 13.4. The molecule has 2 unspecified atom stereocenters. The Balaban J connectivity index is 2.44. The number of benzene rings is 1. The van der Waals surface area contributed by atoms with Crippen LogP contribution in [0.2, 0.25) is 0 Å². The summed E-state index contributed by atoms with van der Waals surface area (Å²) >= 11 is 0. The minimum atomic E-state index is 0.169. The summed E-state index contributed by atoms with van der Waals surface area (Å²) in [4.78, 5) is 0. The van der Waals surface area contributed by atoms with Gasteiger partial charge in [0.25, 0.3) is 0 Å². The minimum absolute atomic E-state index is 0.169. The van der Waals surface area contributed by atoms with E-state index < -0.39 is 0 Å². The van der Waals surface area contributed by atoms with Crippen LogP contribution in [-0.2, 0) is 9.47 Å². The lowest BCUT2D eigenvalue weighted by Crippen LogP contribution is -2.29. The summed E-state index contributed by atoms with van der Waals surface area (Å²) in [7, 11) is 3.38. The van der Waals surface area contributed by atoms with Crippen molar-refractivity contribution in [3.63, 3.8) is 0 Å². The highest BCUT2D eigenvalue weighted by Crippen LogP contribution is 2.17. The second kappa shape index (κ2) is 7.95. The molecule has 1 N–H and O–H groups in total. The Labute approximate surface area is 109 Å². The molecule has 1 aromatic carbocycles. The Kier molecular flexibility index (Phi) is 6.54. The van der Waals surface area contributed by atoms with Gasteiger partial charge in [-0.05, 0) is 38.1 Å². The molecule has 1 aromatic rings. The van der Waals surface area contributed by atoms with Crippen LogP contribution in [0, 0.1) is 0 Å². The van der Waals surface area contributed by atoms with Gasteiger partial charge in [0, 0.05) is 25.9 Å². The zero-order valence-corrected chi connectivity index (χ0v) is 11.6. The average molecular weight is 253 g/mol. The number of ether oxygens (including phenoxy) is 3. The van der Waals surface area contributed by atoms with Crippen LogP contribution in [0.5, 0.6) is 5.75 Å². The Hall–Kier alpha value is -1.26. The van der Waals surface area contributed by atoms with Crippen LogP contribution < -0.4 is 10.1 Å². The van der Waals surface area contributed by atoms with Gasteiger partial charge in [-0.1, -0.05) is 0 Å². The molecule has 0 fully saturated rings. The first-order valence-corrected chi connectivity index (χ1v) is 6.18. The highest BCUT2D eigenvalue weighted by atomic mass is 16.5. The van der Waals surface area contributed by atoms with Crippen LogP contribution in [0.1, 0.15) is 13.8 Å². The van der Waals surface area contributed by atoms with Crippen molar-refractivity contribution in [2.24, 2.45) is 0 Å². The van der Waals surface area contributed by atoms with Crippen molar-refractivity contribution in [3.05, 3.63) is 24.3 Å². The normalized spacial score (nSPS) is 14.0. The Morgan fingerprint density at radius 3 is 2.28 bits per heavy atom. The second-order valence-corrected chi connectivity index (χ2v) is 4.24. The lowest BCUT2D eigenvalue weighted by Gasteiger charge is -2.21. The molecule has 0 saturated carbocycles. The van der Waals surface area contributed by atoms with E-state index in [0.717, 1.165) is 11.4 Å². The fraction of sp³-hybridized carbons (Fsp3) is 0.571. The first kappa shape index (κ1) is 14.8. The second-order valence-electron chi connectivity index (χ2n) is 4.24. The smallest absolute Gasteiger partial charge is 0.119 e. The lowest BCUT2D eigenvalue weighted by molar-refractivity contribution is 0.106. The lowest BCUT2D eigenvalue weighted by atomic mass is 10.2. The minimum Gasteiger partial charge on any atom is -0.491 e. The molecule has 4 heteroatoms. The standard InChI is InChI=1S/C14H23NO3/c1-11(12(2)17-4)15-13-5-7-14(8-6-13)18-10-9-16-3/h5-8,11-12,15H,9-10H2,1-4H3. The van der Waals surface area contributed by atoms with Crippen LogP contribution >= 0.6 is 0 Å². The molecule has 0 bridgehead atoms. The first-order chi connectivity index (χ1) is 8.67. The van der Waals surface area contributed by atoms with Gasteiger partial charge < -0.3 is 19.5 Å². The van der Waals surface area contributed by atoms with Gasteiger partial charge in [-0.25, -0.2) is 0 Å². The number of methoxy groups -OCH3 is 2. The summed E-state index contributed by atoms with van der Waals surface area (Å²) < 4.78 is 15.7. The first-order valence-electron chi connectivity index (χ1n) is 6.18. The van der Waals surface area contributed by atoms with Gasteiger partial charge in [0.2, 0.25) is 0 Å². The SMILES string of the molecule is COCCOc1ccc(NC(C)C(C)OC)cc1. The maximum Gasteiger partial charge on any atom is 0.119 e. The molecule has 18 heavy (non-hydrogen) atoms. The molecular weight excluding hydrogens is 230 g/mol. The van der Waals surface area contributed by atoms with E-state index in [1.165, 1.54) is 0 Å². The molecule has 4 nitrogen and oxygen atoms in total. The third kappa shape index (κ3) is 4.94. The van der Waals surface area contributed by atoms with Gasteiger partial charge in [0.15, 0.2) is 0 Å². The van der Waals surface area contributed by atoms with Crippen LogP contribution in [-0.4, -0.2) is 39.6 Å². The fourth-order valence-electron chi connectivity index (χ4n) is 1.47. The highest BCUT2D eigenvalue weighted by molar-refractivity contribution is 5.47. The van der Waals surface area contributed by atoms with Crippen molar-refractivity contribution in [1.29, 1.82) is 0 Å². The number of rotatable bonds is 8. The predicted molar refractivity (Wildman–Crippen MR) is 73.4 cm³/mol. The summed E-state index contributed by atoms with van der Waals surface area (Å²) in [6.45, 7) is 5.31. The van der Waals surface area contributed by atoms with Gasteiger partial charge in [-0.2, -0.15) is 0 Å². The molecule has 0 saturated heterocycles. The number of hydrogen-bond acceptors (Lipinski definition) is 4. The third-order valence-corrected chi connectivity index (χ3v) is 2.88. The van der Waals surface area contributed by atoms with Gasteiger partial charge >= 0.3 is 0 Å². The maximum absolute atomic E-state index is 5.50. The largest absolute Gasteiger partial charge is 0.491 e. The van der Waals surface area contributed by atoms with E-state index in [9.17, 15) is 0 Å². The quantitative estimate of drug-likeness (QED) is 0.723. The van der Waals surface area contributed by atoms with E-state index >= 15 is 0 Å². The zero-order valence-electron chi connectivity index (χ0n) is 11.6. The van der Waals surface area contributed by atoms with E-state index in [4.69, 9.17) is 14.2 Å². The van der Waals surface area contributed by atoms with Crippen molar-refractivity contribution in [3.8, 4) is 5.75 Å². The van der Waals surface area contributed by atoms with Gasteiger partial charge in [0.1, 0.15) is 12.4 Å². The van der Waals surface area contributed by atoms with Crippen LogP contribution in [0.15, 0.2) is 24.3 Å². The summed E-state index contributed by atoms with van der Waals surface area (Å²) in [5.41, 5.74) is 1.06. The van der Waals surface area contributed by atoms with E-state index in [-0.39, 0.29) is 12.1 Å². The molecule has 0 aliphatic rings. The van der Waals surface area contributed by atoms with Crippen LogP contribution in [0.4, 0.5) is 5.69 Å². The van der Waals surface area contributed by atoms with E-state index in [0.29, 0.717) is 13.2 Å². The summed E-state index contributed by atoms with van der Waals surface area (Å²) in [6.07, 6.45) is 0.169. The van der Waals surface area contributed by atoms with Gasteiger partial charge in [0.05, 0.1) is 12.7 Å². The molecule has 0 spiro atoms. The predicted octanol–water partition coefficient (Wildman–Crippen LogP) is 2.55. The Morgan fingerprint density at radius 1 is 1.06 bits per heavy atom. The number of anilines is 1. The topological polar surface area (TPSA) is 39.7 Å². The van der Waals surface area contributed by atoms with E-state index in [2.05, 4.69) is 12.2 Å². The molecule has 1 rings (SSSR count). The number of nitrogens with one attached hydrogen (secondary N) is 1. The van der Waals surface area contributed by atoms with Gasteiger partial charge in [-0.3, -0.25) is 0 Å². The molecule has 0 aromatic heterocycles.